The zero-order valence-corrected chi connectivity index (χ0v) is 58.3. The molecule has 17 nitrogen and oxygen atoms in total. The third-order valence-electron chi connectivity index (χ3n) is 15.6. The molecule has 0 bridgehead atoms. The van der Waals surface area contributed by atoms with Crippen molar-refractivity contribution < 1.29 is 80.2 Å². The van der Waals surface area contributed by atoms with Gasteiger partial charge in [-0.1, -0.05) is 286 Å². The zero-order valence-electron chi connectivity index (χ0n) is 56.5. The first-order valence-corrected chi connectivity index (χ1v) is 38.3. The molecule has 2 unspecified atom stereocenters. The number of hydrogen-bond donors (Lipinski definition) is 3. The van der Waals surface area contributed by atoms with Gasteiger partial charge in [-0.2, -0.15) is 0 Å². The molecule has 19 heteroatoms. The summed E-state index contributed by atoms with van der Waals surface area (Å²) >= 11 is 0. The highest BCUT2D eigenvalue weighted by molar-refractivity contribution is 7.47. The molecule has 0 amide bonds. The Morgan fingerprint density at radius 2 is 0.529 bits per heavy atom. The predicted molar refractivity (Wildman–Crippen MR) is 349 cm³/mol. The van der Waals surface area contributed by atoms with Crippen LogP contribution in [0.2, 0.25) is 0 Å². The summed E-state index contributed by atoms with van der Waals surface area (Å²) in [6, 6.07) is 0. The van der Waals surface area contributed by atoms with Crippen molar-refractivity contribution in [3.05, 3.63) is 0 Å². The Morgan fingerprint density at radius 3 is 0.782 bits per heavy atom. The van der Waals surface area contributed by atoms with E-state index in [2.05, 4.69) is 48.5 Å². The van der Waals surface area contributed by atoms with E-state index in [1.54, 1.807) is 0 Å². The standard InChI is InChI=1S/C68H132O17P2/c1-8-9-10-32-42-49-65(70)78-55-63(84-67(72)51-44-37-30-24-18-12-15-21-27-34-40-47-60(4)5)57-82-86(74,75)80-53-62(69)54-81-87(76,77)83-58-64(85-68(73)52-45-38-31-25-19-13-16-22-28-35-41-48-61(6)7)56-79-66(71)50-43-36-29-23-17-11-14-20-26-33-39-46-59(2)3/h59-64,69H,8-58H2,1-7H3,(H,74,75)(H,76,77)/t62-,63+,64+/m0/s1. The number of aliphatic hydroxyl groups excluding tert-OH is 1. The van der Waals surface area contributed by atoms with E-state index in [1.165, 1.54) is 141 Å². The van der Waals surface area contributed by atoms with Crippen LogP contribution >= 0.6 is 15.6 Å². The van der Waals surface area contributed by atoms with Gasteiger partial charge in [0.2, 0.25) is 0 Å². The van der Waals surface area contributed by atoms with Gasteiger partial charge < -0.3 is 33.8 Å². The second-order valence-corrected chi connectivity index (χ2v) is 28.9. The van der Waals surface area contributed by atoms with E-state index in [-0.39, 0.29) is 25.7 Å². The molecule has 0 fully saturated rings. The first-order valence-electron chi connectivity index (χ1n) is 35.3. The minimum atomic E-state index is -4.95. The number of carbonyl (C=O) groups is 4. The summed E-state index contributed by atoms with van der Waals surface area (Å²) < 4.78 is 68.0. The summed E-state index contributed by atoms with van der Waals surface area (Å²) in [7, 11) is -9.89. The van der Waals surface area contributed by atoms with E-state index < -0.39 is 97.5 Å². The molecule has 3 N–H and O–H groups in total. The minimum Gasteiger partial charge on any atom is -0.462 e. The Bertz CT molecular complexity index is 1720. The minimum absolute atomic E-state index is 0.105. The van der Waals surface area contributed by atoms with Crippen LogP contribution in [0.15, 0.2) is 0 Å². The van der Waals surface area contributed by atoms with Gasteiger partial charge in [0, 0.05) is 25.7 Å². The summed E-state index contributed by atoms with van der Waals surface area (Å²) in [4.78, 5) is 72.2. The van der Waals surface area contributed by atoms with Gasteiger partial charge in [0.15, 0.2) is 12.2 Å². The van der Waals surface area contributed by atoms with Crippen LogP contribution in [-0.2, 0) is 65.4 Å². The first kappa shape index (κ1) is 85.1. The second kappa shape index (κ2) is 59.1. The van der Waals surface area contributed by atoms with Crippen molar-refractivity contribution in [3.8, 4) is 0 Å². The number of hydrogen-bond acceptors (Lipinski definition) is 15. The van der Waals surface area contributed by atoms with Crippen LogP contribution in [0.3, 0.4) is 0 Å². The average molecular weight is 1280 g/mol. The van der Waals surface area contributed by atoms with E-state index in [0.717, 1.165) is 114 Å². The lowest BCUT2D eigenvalue weighted by Gasteiger charge is -2.21. The van der Waals surface area contributed by atoms with Gasteiger partial charge in [-0.05, 0) is 43.4 Å². The average Bonchev–Trinajstić information content (AvgIpc) is 3.68. The lowest BCUT2D eigenvalue weighted by atomic mass is 10.0. The monoisotopic (exact) mass is 1280 g/mol. The van der Waals surface area contributed by atoms with Crippen LogP contribution in [0.5, 0.6) is 0 Å². The fourth-order valence-corrected chi connectivity index (χ4v) is 11.8. The summed E-state index contributed by atoms with van der Waals surface area (Å²) in [5.41, 5.74) is 0. The third-order valence-corrected chi connectivity index (χ3v) is 17.5. The van der Waals surface area contributed by atoms with Crippen molar-refractivity contribution in [3.63, 3.8) is 0 Å². The Kier molecular flexibility index (Phi) is 57.8. The fourth-order valence-electron chi connectivity index (χ4n) is 10.2. The highest BCUT2D eigenvalue weighted by Crippen LogP contribution is 2.45. The number of phosphoric acid groups is 2. The molecule has 0 spiro atoms. The number of phosphoric ester groups is 2. The van der Waals surface area contributed by atoms with Gasteiger partial charge >= 0.3 is 39.5 Å². The van der Waals surface area contributed by atoms with E-state index in [1.807, 2.05) is 0 Å². The van der Waals surface area contributed by atoms with E-state index in [4.69, 9.17) is 37.0 Å². The van der Waals surface area contributed by atoms with Gasteiger partial charge in [0.05, 0.1) is 26.4 Å². The molecule has 5 atom stereocenters. The van der Waals surface area contributed by atoms with E-state index in [0.29, 0.717) is 25.7 Å². The number of ether oxygens (including phenoxy) is 4. The molecule has 0 saturated heterocycles. The molecule has 0 aliphatic carbocycles. The molecule has 0 aliphatic heterocycles. The van der Waals surface area contributed by atoms with Crippen molar-refractivity contribution >= 4 is 39.5 Å². The van der Waals surface area contributed by atoms with Crippen LogP contribution in [0.25, 0.3) is 0 Å². The van der Waals surface area contributed by atoms with Crippen molar-refractivity contribution in [1.29, 1.82) is 0 Å². The fraction of sp³-hybridized carbons (Fsp3) is 0.941. The molecular weight excluding hydrogens is 1150 g/mol. The summed E-state index contributed by atoms with van der Waals surface area (Å²) in [5, 5.41) is 10.5. The van der Waals surface area contributed by atoms with Crippen molar-refractivity contribution in [1.82, 2.24) is 0 Å². The maximum absolute atomic E-state index is 13.0. The lowest BCUT2D eigenvalue weighted by Crippen LogP contribution is -2.30. The van der Waals surface area contributed by atoms with E-state index >= 15 is 0 Å². The van der Waals surface area contributed by atoms with Crippen LogP contribution < -0.4 is 0 Å². The highest BCUT2D eigenvalue weighted by Gasteiger charge is 2.30. The summed E-state index contributed by atoms with van der Waals surface area (Å²) in [6.45, 7) is 11.8. The van der Waals surface area contributed by atoms with Gasteiger partial charge in [-0.25, -0.2) is 9.13 Å². The van der Waals surface area contributed by atoms with Crippen molar-refractivity contribution in [2.75, 3.05) is 39.6 Å². The van der Waals surface area contributed by atoms with Crippen LogP contribution in [0.4, 0.5) is 0 Å². The maximum atomic E-state index is 13.0. The van der Waals surface area contributed by atoms with Crippen molar-refractivity contribution in [2.24, 2.45) is 17.8 Å². The number of unbranched alkanes of at least 4 members (excludes halogenated alkanes) is 34. The number of aliphatic hydroxyl groups is 1. The molecule has 0 saturated carbocycles. The topological polar surface area (TPSA) is 237 Å². The number of rotatable bonds is 66. The van der Waals surface area contributed by atoms with Crippen LogP contribution in [0, 0.1) is 17.8 Å². The summed E-state index contributed by atoms with van der Waals surface area (Å²) in [5.74, 6) is 0.163. The van der Waals surface area contributed by atoms with Crippen LogP contribution in [-0.4, -0.2) is 96.7 Å². The maximum Gasteiger partial charge on any atom is 0.472 e. The van der Waals surface area contributed by atoms with Crippen LogP contribution in [0.1, 0.15) is 337 Å². The van der Waals surface area contributed by atoms with Gasteiger partial charge in [-0.15, -0.1) is 0 Å². The quantitative estimate of drug-likeness (QED) is 0.0222. The van der Waals surface area contributed by atoms with Gasteiger partial charge in [-0.3, -0.25) is 37.3 Å². The van der Waals surface area contributed by atoms with Gasteiger partial charge in [0.1, 0.15) is 19.3 Å². The molecule has 0 aromatic carbocycles. The van der Waals surface area contributed by atoms with E-state index in [9.17, 15) is 43.2 Å². The molecule has 0 aromatic heterocycles. The highest BCUT2D eigenvalue weighted by atomic mass is 31.2. The molecule has 516 valence electrons. The number of carbonyl (C=O) groups excluding carboxylic acids is 4. The Morgan fingerprint density at radius 1 is 0.310 bits per heavy atom. The first-order chi connectivity index (χ1) is 41.7. The second-order valence-electron chi connectivity index (χ2n) is 26.0. The lowest BCUT2D eigenvalue weighted by molar-refractivity contribution is -0.161. The normalized spacial score (nSPS) is 14.3. The molecular formula is C68H132O17P2. The third kappa shape index (κ3) is 62.6. The molecule has 0 radical (unpaired) electrons. The van der Waals surface area contributed by atoms with Gasteiger partial charge in [0.25, 0.3) is 0 Å². The zero-order chi connectivity index (χ0) is 64.5. The molecule has 0 heterocycles. The Labute approximate surface area is 530 Å². The van der Waals surface area contributed by atoms with Crippen molar-refractivity contribution in [2.45, 2.75) is 356 Å². The molecule has 0 rings (SSSR count). The largest absolute Gasteiger partial charge is 0.472 e. The molecule has 0 aromatic rings. The Balaban J connectivity index is 5.17. The molecule has 0 aliphatic rings. The molecule has 87 heavy (non-hydrogen) atoms. The SMILES string of the molecule is CCCCCCCC(=O)OC[C@H](COP(=O)(O)OC[C@H](O)COP(=O)(O)OC[C@@H](COC(=O)CCCCCCCCCCCCCC(C)C)OC(=O)CCCCCCCCCCCCCC(C)C)OC(=O)CCCCCCCCCCCCCC(C)C. The smallest absolute Gasteiger partial charge is 0.462 e. The predicted octanol–water partition coefficient (Wildman–Crippen LogP) is 19.1. The number of esters is 4. The summed E-state index contributed by atoms with van der Waals surface area (Å²) in [6.07, 6.45) is 42.0. The Hall–Kier alpha value is -1.94.